The third-order valence-electron chi connectivity index (χ3n) is 3.42. The fourth-order valence-corrected chi connectivity index (χ4v) is 2.22. The molecular formula is C19H20ClNO5. The summed E-state index contributed by atoms with van der Waals surface area (Å²) in [6.07, 6.45) is -0.769. The number of ether oxygens (including phenoxy) is 3. The number of halogens is 1. The molecule has 0 bridgehead atoms. The van der Waals surface area contributed by atoms with E-state index in [0.717, 1.165) is 0 Å². The van der Waals surface area contributed by atoms with Gasteiger partial charge in [0, 0.05) is 12.7 Å². The molecule has 0 saturated heterocycles. The van der Waals surface area contributed by atoms with Gasteiger partial charge in [0.05, 0.1) is 17.3 Å². The smallest absolute Gasteiger partial charge is 0.347 e. The van der Waals surface area contributed by atoms with Crippen molar-refractivity contribution in [3.63, 3.8) is 0 Å². The largest absolute Gasteiger partial charge is 0.479 e. The molecule has 7 heteroatoms. The van der Waals surface area contributed by atoms with Crippen LogP contribution < -0.4 is 10.1 Å². The van der Waals surface area contributed by atoms with Crippen molar-refractivity contribution in [3.05, 3.63) is 59.1 Å². The second-order valence-corrected chi connectivity index (χ2v) is 5.79. The van der Waals surface area contributed by atoms with Gasteiger partial charge in [-0.15, -0.1) is 0 Å². The molecule has 0 heterocycles. The number of methoxy groups -OCH3 is 1. The Hall–Kier alpha value is -2.57. The van der Waals surface area contributed by atoms with E-state index in [1.807, 2.05) is 0 Å². The molecule has 0 aliphatic carbocycles. The van der Waals surface area contributed by atoms with E-state index in [-0.39, 0.29) is 12.5 Å². The van der Waals surface area contributed by atoms with Crippen molar-refractivity contribution in [2.75, 3.05) is 25.6 Å². The number of amides is 1. The van der Waals surface area contributed by atoms with Crippen molar-refractivity contribution < 1.29 is 23.8 Å². The Morgan fingerprint density at radius 1 is 1.08 bits per heavy atom. The monoisotopic (exact) mass is 377 g/mol. The van der Waals surface area contributed by atoms with Gasteiger partial charge >= 0.3 is 5.97 Å². The van der Waals surface area contributed by atoms with Gasteiger partial charge in [-0.05, 0) is 43.3 Å². The molecule has 26 heavy (non-hydrogen) atoms. The van der Waals surface area contributed by atoms with Crippen molar-refractivity contribution in [2.45, 2.75) is 13.0 Å². The number of nitrogens with one attached hydrogen (secondary N) is 1. The molecule has 0 aliphatic rings. The van der Waals surface area contributed by atoms with E-state index < -0.39 is 12.1 Å². The summed E-state index contributed by atoms with van der Waals surface area (Å²) in [6.45, 7) is 2.09. The average Bonchev–Trinajstić information content (AvgIpc) is 2.64. The molecule has 0 radical (unpaired) electrons. The van der Waals surface area contributed by atoms with E-state index >= 15 is 0 Å². The number of para-hydroxylation sites is 1. The Morgan fingerprint density at radius 3 is 2.42 bits per heavy atom. The first-order valence-electron chi connectivity index (χ1n) is 7.99. The molecule has 1 N–H and O–H groups in total. The third kappa shape index (κ3) is 5.75. The van der Waals surface area contributed by atoms with E-state index in [1.54, 1.807) is 55.5 Å². The Balaban J connectivity index is 1.92. The molecule has 1 atom stereocenters. The molecule has 2 rings (SSSR count). The van der Waals surface area contributed by atoms with Crippen molar-refractivity contribution >= 4 is 29.2 Å². The van der Waals surface area contributed by atoms with Crippen LogP contribution in [-0.2, 0) is 14.3 Å². The number of carbonyl (C=O) groups is 2. The molecule has 0 unspecified atom stereocenters. The fraction of sp³-hybridized carbons (Fsp3) is 0.263. The maximum absolute atomic E-state index is 12.3. The standard InChI is InChI=1S/C19H20ClNO5/c1-13(19(23)25-12-11-24-2)26-15-9-7-14(8-10-15)18(22)21-17-6-4-3-5-16(17)20/h3-10,13H,11-12H2,1-2H3,(H,21,22)/t13-/m1/s1. The predicted molar refractivity (Wildman–Crippen MR) is 98.8 cm³/mol. The summed E-state index contributed by atoms with van der Waals surface area (Å²) >= 11 is 6.03. The summed E-state index contributed by atoms with van der Waals surface area (Å²) in [7, 11) is 1.53. The van der Waals surface area contributed by atoms with E-state index in [1.165, 1.54) is 7.11 Å². The van der Waals surface area contributed by atoms with Gasteiger partial charge in [0.2, 0.25) is 0 Å². The van der Waals surface area contributed by atoms with Crippen molar-refractivity contribution in [3.8, 4) is 5.75 Å². The lowest BCUT2D eigenvalue weighted by molar-refractivity contribution is -0.152. The van der Waals surface area contributed by atoms with Crippen LogP contribution in [0.5, 0.6) is 5.75 Å². The van der Waals surface area contributed by atoms with Gasteiger partial charge in [0.25, 0.3) is 5.91 Å². The summed E-state index contributed by atoms with van der Waals surface area (Å²) in [5.74, 6) is -0.324. The minimum absolute atomic E-state index is 0.171. The van der Waals surface area contributed by atoms with Crippen molar-refractivity contribution in [1.82, 2.24) is 0 Å². The maximum Gasteiger partial charge on any atom is 0.347 e. The lowest BCUT2D eigenvalue weighted by Crippen LogP contribution is -2.27. The van der Waals surface area contributed by atoms with Crippen LogP contribution in [0.4, 0.5) is 5.69 Å². The molecule has 6 nitrogen and oxygen atoms in total. The lowest BCUT2D eigenvalue weighted by atomic mass is 10.2. The van der Waals surface area contributed by atoms with Crippen LogP contribution in [-0.4, -0.2) is 38.3 Å². The highest BCUT2D eigenvalue weighted by Gasteiger charge is 2.16. The highest BCUT2D eigenvalue weighted by Crippen LogP contribution is 2.22. The van der Waals surface area contributed by atoms with Crippen LogP contribution in [0.2, 0.25) is 5.02 Å². The van der Waals surface area contributed by atoms with E-state index in [0.29, 0.717) is 28.6 Å². The van der Waals surface area contributed by atoms with Crippen LogP contribution in [0.25, 0.3) is 0 Å². The van der Waals surface area contributed by atoms with Crippen LogP contribution in [0.3, 0.4) is 0 Å². The Kier molecular flexibility index (Phi) is 7.44. The van der Waals surface area contributed by atoms with Gasteiger partial charge < -0.3 is 19.5 Å². The molecule has 138 valence electrons. The minimum Gasteiger partial charge on any atom is -0.479 e. The first-order valence-corrected chi connectivity index (χ1v) is 8.37. The van der Waals surface area contributed by atoms with Crippen LogP contribution in [0.15, 0.2) is 48.5 Å². The number of hydrogen-bond acceptors (Lipinski definition) is 5. The van der Waals surface area contributed by atoms with Gasteiger partial charge in [-0.1, -0.05) is 23.7 Å². The zero-order valence-corrected chi connectivity index (χ0v) is 15.3. The molecule has 1 amide bonds. The summed E-state index contributed by atoms with van der Waals surface area (Å²) in [5.41, 5.74) is 0.972. The van der Waals surface area contributed by atoms with Crippen LogP contribution in [0, 0.1) is 0 Å². The zero-order chi connectivity index (χ0) is 18.9. The topological polar surface area (TPSA) is 73.9 Å². The highest BCUT2D eigenvalue weighted by atomic mass is 35.5. The van der Waals surface area contributed by atoms with Gasteiger partial charge in [-0.2, -0.15) is 0 Å². The lowest BCUT2D eigenvalue weighted by Gasteiger charge is -2.14. The predicted octanol–water partition coefficient (Wildman–Crippen LogP) is 3.55. The number of rotatable bonds is 8. The molecule has 0 spiro atoms. The quantitative estimate of drug-likeness (QED) is 0.562. The second-order valence-electron chi connectivity index (χ2n) is 5.38. The number of carbonyl (C=O) groups excluding carboxylic acids is 2. The summed E-state index contributed by atoms with van der Waals surface area (Å²) in [5, 5.41) is 3.20. The Morgan fingerprint density at radius 2 is 1.77 bits per heavy atom. The number of benzene rings is 2. The highest BCUT2D eigenvalue weighted by molar-refractivity contribution is 6.33. The first-order chi connectivity index (χ1) is 12.5. The molecule has 2 aromatic rings. The van der Waals surface area contributed by atoms with Crippen LogP contribution in [0.1, 0.15) is 17.3 Å². The molecular weight excluding hydrogens is 358 g/mol. The summed E-state index contributed by atoms with van der Waals surface area (Å²) in [4.78, 5) is 24.0. The second kappa shape index (κ2) is 9.79. The van der Waals surface area contributed by atoms with Crippen molar-refractivity contribution in [1.29, 1.82) is 0 Å². The number of hydrogen-bond donors (Lipinski definition) is 1. The maximum atomic E-state index is 12.3. The third-order valence-corrected chi connectivity index (χ3v) is 3.74. The fourth-order valence-electron chi connectivity index (χ4n) is 2.04. The first kappa shape index (κ1) is 19.8. The summed E-state index contributed by atoms with van der Waals surface area (Å²) < 4.78 is 15.3. The average molecular weight is 378 g/mol. The minimum atomic E-state index is -0.769. The Bertz CT molecular complexity index is 748. The van der Waals surface area contributed by atoms with Gasteiger partial charge in [-0.25, -0.2) is 4.79 Å². The zero-order valence-electron chi connectivity index (χ0n) is 14.5. The molecule has 0 aliphatic heterocycles. The van der Waals surface area contributed by atoms with E-state index in [2.05, 4.69) is 5.32 Å². The molecule has 0 saturated carbocycles. The molecule has 0 fully saturated rings. The number of anilines is 1. The van der Waals surface area contributed by atoms with Gasteiger partial charge in [-0.3, -0.25) is 4.79 Å². The van der Waals surface area contributed by atoms with Crippen molar-refractivity contribution in [2.24, 2.45) is 0 Å². The van der Waals surface area contributed by atoms with Gasteiger partial charge in [0.15, 0.2) is 6.10 Å². The van der Waals surface area contributed by atoms with Crippen LogP contribution >= 0.6 is 11.6 Å². The normalized spacial score (nSPS) is 11.5. The summed E-state index contributed by atoms with van der Waals surface area (Å²) in [6, 6.07) is 13.4. The molecule has 2 aromatic carbocycles. The van der Waals surface area contributed by atoms with Gasteiger partial charge in [0.1, 0.15) is 12.4 Å². The molecule has 0 aromatic heterocycles. The van der Waals surface area contributed by atoms with E-state index in [9.17, 15) is 9.59 Å². The SMILES string of the molecule is COCCOC(=O)[C@@H](C)Oc1ccc(C(=O)Nc2ccccc2Cl)cc1. The van der Waals surface area contributed by atoms with E-state index in [4.69, 9.17) is 25.8 Å². The Labute approximate surface area is 157 Å². The number of esters is 1.